The number of nitrogens with one attached hydrogen (secondary N) is 1. The Morgan fingerprint density at radius 2 is 1.50 bits per heavy atom. The standard InChI is InChI=1S/C24H32N2O2/c1-4-22(24(28)25-17-19(2)3)26(18-21-13-9-6-10-14-21)23(27)16-15-20-11-7-5-8-12-20/h5-14,19,22H,4,15-18H2,1-3H3,(H,25,28)/t22-/m1/s1. The second-order valence-corrected chi connectivity index (χ2v) is 7.56. The second kappa shape index (κ2) is 11.3. The monoisotopic (exact) mass is 380 g/mol. The van der Waals surface area contributed by atoms with Crippen molar-refractivity contribution in [1.82, 2.24) is 10.2 Å². The van der Waals surface area contributed by atoms with Crippen LogP contribution in [0.4, 0.5) is 0 Å². The van der Waals surface area contributed by atoms with Crippen LogP contribution in [-0.4, -0.2) is 29.3 Å². The van der Waals surface area contributed by atoms with Crippen molar-refractivity contribution in [2.75, 3.05) is 6.54 Å². The van der Waals surface area contributed by atoms with Gasteiger partial charge in [0.25, 0.3) is 0 Å². The average Bonchev–Trinajstić information content (AvgIpc) is 2.71. The lowest BCUT2D eigenvalue weighted by atomic mass is 10.1. The lowest BCUT2D eigenvalue weighted by molar-refractivity contribution is -0.141. The van der Waals surface area contributed by atoms with Crippen molar-refractivity contribution in [3.8, 4) is 0 Å². The number of hydrogen-bond donors (Lipinski definition) is 1. The molecular weight excluding hydrogens is 348 g/mol. The molecule has 2 aromatic carbocycles. The Bertz CT molecular complexity index is 729. The zero-order valence-corrected chi connectivity index (χ0v) is 17.2. The van der Waals surface area contributed by atoms with Gasteiger partial charge in [-0.2, -0.15) is 0 Å². The highest BCUT2D eigenvalue weighted by atomic mass is 16.2. The molecule has 0 aromatic heterocycles. The summed E-state index contributed by atoms with van der Waals surface area (Å²) < 4.78 is 0. The zero-order valence-electron chi connectivity index (χ0n) is 17.2. The van der Waals surface area contributed by atoms with E-state index in [9.17, 15) is 9.59 Å². The highest BCUT2D eigenvalue weighted by Crippen LogP contribution is 2.15. The molecule has 1 atom stereocenters. The van der Waals surface area contributed by atoms with E-state index in [0.717, 1.165) is 11.1 Å². The summed E-state index contributed by atoms with van der Waals surface area (Å²) in [5.74, 6) is 0.317. The van der Waals surface area contributed by atoms with Crippen molar-refractivity contribution in [2.45, 2.75) is 52.6 Å². The first-order valence-electron chi connectivity index (χ1n) is 10.2. The molecule has 0 radical (unpaired) electrons. The number of rotatable bonds is 10. The summed E-state index contributed by atoms with van der Waals surface area (Å²) in [4.78, 5) is 27.6. The maximum absolute atomic E-state index is 13.1. The number of aryl methyl sites for hydroxylation is 1. The van der Waals surface area contributed by atoms with Gasteiger partial charge in [0, 0.05) is 19.5 Å². The van der Waals surface area contributed by atoms with Crippen LogP contribution in [0.2, 0.25) is 0 Å². The van der Waals surface area contributed by atoms with Gasteiger partial charge in [0.2, 0.25) is 11.8 Å². The van der Waals surface area contributed by atoms with Crippen LogP contribution in [0, 0.1) is 5.92 Å². The van der Waals surface area contributed by atoms with E-state index in [0.29, 0.717) is 38.3 Å². The molecular formula is C24H32N2O2. The van der Waals surface area contributed by atoms with Crippen LogP contribution in [0.5, 0.6) is 0 Å². The molecule has 0 aliphatic rings. The van der Waals surface area contributed by atoms with E-state index >= 15 is 0 Å². The first-order valence-corrected chi connectivity index (χ1v) is 10.2. The van der Waals surface area contributed by atoms with Crippen LogP contribution >= 0.6 is 0 Å². The molecule has 4 nitrogen and oxygen atoms in total. The average molecular weight is 381 g/mol. The van der Waals surface area contributed by atoms with E-state index in [1.165, 1.54) is 0 Å². The normalized spacial score (nSPS) is 11.9. The molecule has 2 amide bonds. The van der Waals surface area contributed by atoms with Crippen LogP contribution in [0.3, 0.4) is 0 Å². The van der Waals surface area contributed by atoms with Gasteiger partial charge in [0.05, 0.1) is 0 Å². The summed E-state index contributed by atoms with van der Waals surface area (Å²) >= 11 is 0. The van der Waals surface area contributed by atoms with Gasteiger partial charge in [-0.15, -0.1) is 0 Å². The summed E-state index contributed by atoms with van der Waals surface area (Å²) in [6, 6.07) is 19.4. The first-order chi connectivity index (χ1) is 13.5. The van der Waals surface area contributed by atoms with E-state index in [2.05, 4.69) is 19.2 Å². The molecule has 0 aliphatic heterocycles. The van der Waals surface area contributed by atoms with Crippen LogP contribution < -0.4 is 5.32 Å². The van der Waals surface area contributed by atoms with Gasteiger partial charge < -0.3 is 10.2 Å². The SMILES string of the molecule is CC[C@H](C(=O)NCC(C)C)N(Cc1ccccc1)C(=O)CCc1ccccc1. The quantitative estimate of drug-likeness (QED) is 0.672. The molecule has 4 heteroatoms. The Labute approximate surface area is 169 Å². The van der Waals surface area contributed by atoms with E-state index in [4.69, 9.17) is 0 Å². The highest BCUT2D eigenvalue weighted by Gasteiger charge is 2.28. The Morgan fingerprint density at radius 1 is 0.929 bits per heavy atom. The Hall–Kier alpha value is -2.62. The number of benzene rings is 2. The Morgan fingerprint density at radius 3 is 2.04 bits per heavy atom. The van der Waals surface area contributed by atoms with Crippen molar-refractivity contribution in [2.24, 2.45) is 5.92 Å². The number of hydrogen-bond acceptors (Lipinski definition) is 2. The Balaban J connectivity index is 2.14. The molecule has 1 N–H and O–H groups in total. The summed E-state index contributed by atoms with van der Waals surface area (Å²) in [5.41, 5.74) is 2.17. The molecule has 0 aliphatic carbocycles. The van der Waals surface area contributed by atoms with Crippen molar-refractivity contribution < 1.29 is 9.59 Å². The molecule has 2 rings (SSSR count). The molecule has 0 saturated heterocycles. The summed E-state index contributed by atoms with van der Waals surface area (Å²) in [6.45, 7) is 7.15. The van der Waals surface area contributed by atoms with Crippen LogP contribution in [0.15, 0.2) is 60.7 Å². The third-order valence-electron chi connectivity index (χ3n) is 4.74. The minimum Gasteiger partial charge on any atom is -0.354 e. The predicted molar refractivity (Wildman–Crippen MR) is 114 cm³/mol. The first kappa shape index (κ1) is 21.7. The lowest BCUT2D eigenvalue weighted by Gasteiger charge is -2.31. The van der Waals surface area contributed by atoms with Crippen LogP contribution in [0.25, 0.3) is 0 Å². The van der Waals surface area contributed by atoms with Crippen LogP contribution in [0.1, 0.15) is 44.7 Å². The zero-order chi connectivity index (χ0) is 20.4. The van der Waals surface area contributed by atoms with E-state index in [-0.39, 0.29) is 11.8 Å². The minimum absolute atomic E-state index is 0.0132. The molecule has 150 valence electrons. The smallest absolute Gasteiger partial charge is 0.242 e. The van der Waals surface area contributed by atoms with Gasteiger partial charge >= 0.3 is 0 Å². The van der Waals surface area contributed by atoms with Gasteiger partial charge in [0.15, 0.2) is 0 Å². The fraction of sp³-hybridized carbons (Fsp3) is 0.417. The van der Waals surface area contributed by atoms with Crippen molar-refractivity contribution in [1.29, 1.82) is 0 Å². The van der Waals surface area contributed by atoms with E-state index < -0.39 is 6.04 Å². The third kappa shape index (κ3) is 6.84. The third-order valence-corrected chi connectivity index (χ3v) is 4.74. The maximum Gasteiger partial charge on any atom is 0.242 e. The molecule has 0 heterocycles. The summed E-state index contributed by atoms with van der Waals surface area (Å²) in [5, 5.41) is 3.00. The van der Waals surface area contributed by atoms with Crippen molar-refractivity contribution >= 4 is 11.8 Å². The van der Waals surface area contributed by atoms with Crippen LogP contribution in [-0.2, 0) is 22.6 Å². The fourth-order valence-electron chi connectivity index (χ4n) is 3.16. The van der Waals surface area contributed by atoms with Gasteiger partial charge in [-0.1, -0.05) is 81.4 Å². The van der Waals surface area contributed by atoms with Gasteiger partial charge in [-0.3, -0.25) is 9.59 Å². The van der Waals surface area contributed by atoms with Crippen molar-refractivity contribution in [3.63, 3.8) is 0 Å². The number of amides is 2. The maximum atomic E-state index is 13.1. The van der Waals surface area contributed by atoms with Gasteiger partial charge in [-0.25, -0.2) is 0 Å². The topological polar surface area (TPSA) is 49.4 Å². The van der Waals surface area contributed by atoms with Gasteiger partial charge in [-0.05, 0) is 29.9 Å². The fourth-order valence-corrected chi connectivity index (χ4v) is 3.16. The predicted octanol–water partition coefficient (Wildman–Crippen LogP) is 4.20. The Kier molecular flexibility index (Phi) is 8.73. The lowest BCUT2D eigenvalue weighted by Crippen LogP contribution is -2.49. The number of nitrogens with zero attached hydrogens (tertiary/aromatic N) is 1. The number of carbonyl (C=O) groups excluding carboxylic acids is 2. The van der Waals surface area contributed by atoms with E-state index in [1.807, 2.05) is 67.6 Å². The second-order valence-electron chi connectivity index (χ2n) is 7.56. The summed E-state index contributed by atoms with van der Waals surface area (Å²) in [6.07, 6.45) is 1.66. The minimum atomic E-state index is -0.456. The molecule has 2 aromatic rings. The molecule has 0 fully saturated rings. The van der Waals surface area contributed by atoms with E-state index in [1.54, 1.807) is 4.90 Å². The van der Waals surface area contributed by atoms with Gasteiger partial charge in [0.1, 0.15) is 6.04 Å². The molecule has 0 spiro atoms. The highest BCUT2D eigenvalue weighted by molar-refractivity contribution is 5.87. The largest absolute Gasteiger partial charge is 0.354 e. The summed E-state index contributed by atoms with van der Waals surface area (Å²) in [7, 11) is 0. The van der Waals surface area contributed by atoms with Crippen molar-refractivity contribution in [3.05, 3.63) is 71.8 Å². The molecule has 0 bridgehead atoms. The molecule has 0 saturated carbocycles. The molecule has 0 unspecified atom stereocenters. The molecule has 28 heavy (non-hydrogen) atoms. The number of carbonyl (C=O) groups is 2.